The maximum atomic E-state index is 12.6. The Morgan fingerprint density at radius 2 is 2.00 bits per heavy atom. The van der Waals surface area contributed by atoms with Crippen LogP contribution in [0.1, 0.15) is 36.6 Å². The van der Waals surface area contributed by atoms with Crippen molar-refractivity contribution in [2.24, 2.45) is 18.7 Å². The van der Waals surface area contributed by atoms with Gasteiger partial charge in [0.1, 0.15) is 0 Å². The zero-order valence-electron chi connectivity index (χ0n) is 16.2. The molecule has 0 aromatic carbocycles. The third-order valence-electron chi connectivity index (χ3n) is 5.48. The highest BCUT2D eigenvalue weighted by Crippen LogP contribution is 2.25. The Morgan fingerprint density at radius 3 is 2.59 bits per heavy atom. The van der Waals surface area contributed by atoms with Gasteiger partial charge in [-0.15, -0.1) is 24.8 Å². The maximum absolute atomic E-state index is 12.6. The maximum Gasteiger partial charge on any atom is 0.273 e. The Hall–Kier alpha value is -1.57. The molecule has 3 N–H and O–H groups in total. The van der Waals surface area contributed by atoms with Crippen LogP contribution in [0.3, 0.4) is 0 Å². The molecule has 27 heavy (non-hydrogen) atoms. The van der Waals surface area contributed by atoms with Crippen LogP contribution in [0.5, 0.6) is 0 Å². The van der Waals surface area contributed by atoms with Crippen LogP contribution in [0.15, 0.2) is 4.79 Å². The van der Waals surface area contributed by atoms with Gasteiger partial charge < -0.3 is 10.6 Å². The van der Waals surface area contributed by atoms with E-state index in [1.807, 2.05) is 18.7 Å². The molecule has 1 amide bonds. The fourth-order valence-corrected chi connectivity index (χ4v) is 4.05. The van der Waals surface area contributed by atoms with E-state index < -0.39 is 0 Å². The number of aromatic nitrogens is 3. The highest BCUT2D eigenvalue weighted by molar-refractivity contribution is 5.85. The first-order valence-electron chi connectivity index (χ1n) is 8.87. The van der Waals surface area contributed by atoms with Crippen LogP contribution in [0.25, 0.3) is 11.0 Å². The van der Waals surface area contributed by atoms with E-state index in [1.54, 1.807) is 11.7 Å². The fraction of sp³-hybridized carbons (Fsp3) is 0.611. The molecular weight excluding hydrogens is 389 g/mol. The molecule has 3 rings (SSSR count). The van der Waals surface area contributed by atoms with Gasteiger partial charge in [0, 0.05) is 31.7 Å². The average molecular weight is 418 g/mol. The van der Waals surface area contributed by atoms with Crippen molar-refractivity contribution in [3.05, 3.63) is 27.2 Å². The summed E-state index contributed by atoms with van der Waals surface area (Å²) in [5.41, 5.74) is 9.08. The molecule has 1 aliphatic rings. The summed E-state index contributed by atoms with van der Waals surface area (Å²) in [6.45, 7) is 7.34. The molecule has 1 aliphatic heterocycles. The first kappa shape index (κ1) is 23.5. The van der Waals surface area contributed by atoms with Crippen LogP contribution in [0.2, 0.25) is 0 Å². The van der Waals surface area contributed by atoms with Crippen molar-refractivity contribution in [3.63, 3.8) is 0 Å². The number of aryl methyl sites for hydroxylation is 3. The monoisotopic (exact) mass is 417 g/mol. The zero-order valence-corrected chi connectivity index (χ0v) is 17.9. The van der Waals surface area contributed by atoms with Gasteiger partial charge in [0.2, 0.25) is 5.91 Å². The van der Waals surface area contributed by atoms with Crippen LogP contribution in [0, 0.1) is 19.8 Å². The van der Waals surface area contributed by atoms with E-state index in [-0.39, 0.29) is 42.3 Å². The molecular formula is C18H29Cl2N5O2. The molecule has 0 radical (unpaired) electrons. The van der Waals surface area contributed by atoms with E-state index in [2.05, 4.69) is 17.0 Å². The molecule has 0 spiro atoms. The van der Waals surface area contributed by atoms with Gasteiger partial charge in [-0.2, -0.15) is 0 Å². The lowest BCUT2D eigenvalue weighted by molar-refractivity contribution is -0.131. The molecule has 1 saturated heterocycles. The molecule has 0 aliphatic carbocycles. The van der Waals surface area contributed by atoms with Gasteiger partial charge in [-0.05, 0) is 57.2 Å². The largest absolute Gasteiger partial charge is 0.340 e. The van der Waals surface area contributed by atoms with Gasteiger partial charge in [-0.1, -0.05) is 0 Å². The summed E-state index contributed by atoms with van der Waals surface area (Å²) in [6.07, 6.45) is 2.01. The Bertz CT molecular complexity index is 877. The number of carbonyl (C=O) groups is 1. The van der Waals surface area contributed by atoms with E-state index in [0.717, 1.165) is 29.8 Å². The molecule has 2 aromatic rings. The fourth-order valence-electron chi connectivity index (χ4n) is 4.05. The van der Waals surface area contributed by atoms with E-state index in [9.17, 15) is 9.59 Å². The highest BCUT2D eigenvalue weighted by Gasteiger charge is 2.31. The van der Waals surface area contributed by atoms with Gasteiger partial charge in [0.05, 0.1) is 5.39 Å². The van der Waals surface area contributed by atoms with Crippen molar-refractivity contribution >= 4 is 41.8 Å². The second-order valence-corrected chi connectivity index (χ2v) is 7.23. The number of rotatable bonds is 4. The van der Waals surface area contributed by atoms with Crippen LogP contribution in [0.4, 0.5) is 0 Å². The molecule has 7 nitrogen and oxygen atoms in total. The number of hydrogen-bond donors (Lipinski definition) is 2. The normalized spacial score (nSPS) is 19.1. The van der Waals surface area contributed by atoms with Crippen LogP contribution >= 0.6 is 24.8 Å². The predicted octanol–water partition coefficient (Wildman–Crippen LogP) is 1.85. The smallest absolute Gasteiger partial charge is 0.273 e. The van der Waals surface area contributed by atoms with Gasteiger partial charge in [-0.25, -0.2) is 4.98 Å². The highest BCUT2D eigenvalue weighted by atomic mass is 35.5. The van der Waals surface area contributed by atoms with Crippen molar-refractivity contribution in [3.8, 4) is 0 Å². The number of pyridine rings is 1. The minimum Gasteiger partial charge on any atom is -0.340 e. The summed E-state index contributed by atoms with van der Waals surface area (Å²) in [7, 11) is 1.78. The number of amides is 1. The van der Waals surface area contributed by atoms with E-state index >= 15 is 0 Å². The van der Waals surface area contributed by atoms with Crippen molar-refractivity contribution in [2.75, 3.05) is 13.1 Å². The van der Waals surface area contributed by atoms with E-state index in [0.29, 0.717) is 36.3 Å². The van der Waals surface area contributed by atoms with Crippen LogP contribution in [-0.2, 0) is 18.3 Å². The first-order chi connectivity index (χ1) is 11.8. The summed E-state index contributed by atoms with van der Waals surface area (Å²) in [5.74, 6) is 0.563. The molecule has 0 saturated carbocycles. The zero-order chi connectivity index (χ0) is 18.3. The minimum absolute atomic E-state index is 0. The first-order valence-corrected chi connectivity index (χ1v) is 8.87. The van der Waals surface area contributed by atoms with Gasteiger partial charge in [0.25, 0.3) is 5.56 Å². The molecule has 1 fully saturated rings. The number of nitrogens with two attached hydrogens (primary N) is 1. The Labute approximate surface area is 171 Å². The second kappa shape index (κ2) is 9.08. The minimum atomic E-state index is -0.131. The number of likely N-dealkylation sites (tertiary alicyclic amines) is 1. The third kappa shape index (κ3) is 4.31. The Kier molecular flexibility index (Phi) is 7.89. The van der Waals surface area contributed by atoms with Crippen molar-refractivity contribution in [1.29, 1.82) is 0 Å². The number of hydrogen-bond acceptors (Lipinski definition) is 4. The molecule has 152 valence electrons. The van der Waals surface area contributed by atoms with Gasteiger partial charge in [-0.3, -0.25) is 19.4 Å². The Morgan fingerprint density at radius 1 is 1.33 bits per heavy atom. The van der Waals surface area contributed by atoms with E-state index in [1.165, 1.54) is 0 Å². The summed E-state index contributed by atoms with van der Waals surface area (Å²) in [4.78, 5) is 31.3. The lowest BCUT2D eigenvalue weighted by Crippen LogP contribution is -2.34. The van der Waals surface area contributed by atoms with Gasteiger partial charge >= 0.3 is 0 Å². The molecule has 2 atom stereocenters. The predicted molar refractivity (Wildman–Crippen MR) is 112 cm³/mol. The molecule has 0 bridgehead atoms. The number of H-pyrrole nitrogens is 1. The number of nitrogens with one attached hydrogen (secondary N) is 1. The van der Waals surface area contributed by atoms with Crippen molar-refractivity contribution < 1.29 is 4.79 Å². The lowest BCUT2D eigenvalue weighted by atomic mass is 10.00. The average Bonchev–Trinajstić information content (AvgIpc) is 3.07. The SMILES string of the molecule is Cc1nc2c(c(C)c1CCC(=O)N1CC(CN)CC1C)c(=O)[nH]n2C.Cl.Cl. The number of nitrogens with zero attached hydrogens (tertiary/aromatic N) is 3. The standard InChI is InChI=1S/C18H27N5O2.2ClH/c1-10-7-13(8-19)9-23(10)15(24)6-5-14-11(2)16-17(20-12(14)3)22(4)21-18(16)25;;/h10,13H,5-9,19H2,1-4H3,(H,21,25);2*1H. The van der Waals surface area contributed by atoms with Crippen molar-refractivity contribution in [2.45, 2.75) is 46.1 Å². The van der Waals surface area contributed by atoms with Crippen molar-refractivity contribution in [1.82, 2.24) is 19.7 Å². The summed E-state index contributed by atoms with van der Waals surface area (Å²) >= 11 is 0. The lowest BCUT2D eigenvalue weighted by Gasteiger charge is -2.22. The molecule has 9 heteroatoms. The summed E-state index contributed by atoms with van der Waals surface area (Å²) < 4.78 is 1.64. The summed E-state index contributed by atoms with van der Waals surface area (Å²) in [6, 6.07) is 0.251. The van der Waals surface area contributed by atoms with Crippen LogP contribution in [-0.4, -0.2) is 44.7 Å². The second-order valence-electron chi connectivity index (χ2n) is 7.23. The number of aromatic amines is 1. The summed E-state index contributed by atoms with van der Waals surface area (Å²) in [5, 5.41) is 3.37. The third-order valence-corrected chi connectivity index (χ3v) is 5.48. The van der Waals surface area contributed by atoms with E-state index in [4.69, 9.17) is 5.73 Å². The Balaban J connectivity index is 0.00000182. The van der Waals surface area contributed by atoms with Crippen LogP contribution < -0.4 is 11.3 Å². The topological polar surface area (TPSA) is 97.0 Å². The number of fused-ring (bicyclic) bond motifs is 1. The quantitative estimate of drug-likeness (QED) is 0.792. The molecule has 2 unspecified atom stereocenters. The number of carbonyl (C=O) groups excluding carboxylic acids is 1. The van der Waals surface area contributed by atoms with Gasteiger partial charge in [0.15, 0.2) is 5.65 Å². The molecule has 3 heterocycles. The molecule has 2 aromatic heterocycles. The number of halogens is 2.